The maximum Gasteiger partial charge on any atom is 0.229 e. The van der Waals surface area contributed by atoms with Gasteiger partial charge in [-0.3, -0.25) is 9.89 Å². The number of benzene rings is 1. The van der Waals surface area contributed by atoms with Crippen molar-refractivity contribution < 1.29 is 4.79 Å². The Bertz CT molecular complexity index is 943. The van der Waals surface area contributed by atoms with E-state index < -0.39 is 0 Å². The molecule has 7 nitrogen and oxygen atoms in total. The number of likely N-dealkylation sites (N-methyl/N-ethyl adjacent to an activating group) is 1. The second-order valence-electron chi connectivity index (χ2n) is 7.14. The highest BCUT2D eigenvalue weighted by Crippen LogP contribution is 2.33. The highest BCUT2D eigenvalue weighted by Gasteiger charge is 2.39. The number of anilines is 1. The number of fused-ring (bicyclic) bond motifs is 1. The number of amides is 1. The number of hydrogen-bond acceptors (Lipinski definition) is 4. The van der Waals surface area contributed by atoms with Gasteiger partial charge in [-0.25, -0.2) is 4.98 Å². The molecule has 0 bridgehead atoms. The number of nitrogens with one attached hydrogen (secondary N) is 3. The average molecular weight is 352 g/mol. The van der Waals surface area contributed by atoms with Crippen molar-refractivity contribution in [3.8, 4) is 0 Å². The van der Waals surface area contributed by atoms with Gasteiger partial charge in [-0.15, -0.1) is 0 Å². The van der Waals surface area contributed by atoms with E-state index >= 15 is 0 Å². The Kier molecular flexibility index (Phi) is 4.24. The van der Waals surface area contributed by atoms with E-state index in [0.717, 1.165) is 53.3 Å². The first-order valence-corrected chi connectivity index (χ1v) is 9.03. The minimum Gasteiger partial charge on any atom is -0.346 e. The fraction of sp³-hybridized carbons (Fsp3) is 0.421. The molecule has 3 aromatic rings. The van der Waals surface area contributed by atoms with Crippen molar-refractivity contribution in [3.05, 3.63) is 41.6 Å². The van der Waals surface area contributed by atoms with E-state index in [1.165, 1.54) is 0 Å². The van der Waals surface area contributed by atoms with Gasteiger partial charge in [0.25, 0.3) is 0 Å². The molecule has 7 heteroatoms. The Labute approximate surface area is 152 Å². The average Bonchev–Trinajstić information content (AvgIpc) is 3.32. The number of aromatic nitrogens is 4. The molecule has 2 aromatic heterocycles. The second kappa shape index (κ2) is 6.57. The summed E-state index contributed by atoms with van der Waals surface area (Å²) in [6.07, 6.45) is 2.63. The van der Waals surface area contributed by atoms with Gasteiger partial charge in [-0.1, -0.05) is 6.92 Å². The monoisotopic (exact) mass is 352 g/mol. The van der Waals surface area contributed by atoms with Crippen molar-refractivity contribution in [1.82, 2.24) is 25.1 Å². The number of H-pyrrole nitrogens is 2. The zero-order chi connectivity index (χ0) is 18.3. The van der Waals surface area contributed by atoms with Gasteiger partial charge in [-0.2, -0.15) is 5.10 Å². The quantitative estimate of drug-likeness (QED) is 0.673. The third kappa shape index (κ3) is 2.99. The van der Waals surface area contributed by atoms with Gasteiger partial charge in [0.05, 0.1) is 23.3 Å². The van der Waals surface area contributed by atoms with Gasteiger partial charge < -0.3 is 15.2 Å². The van der Waals surface area contributed by atoms with Crippen molar-refractivity contribution in [2.45, 2.75) is 26.2 Å². The summed E-state index contributed by atoms with van der Waals surface area (Å²) in [5, 5.41) is 11.0. The van der Waals surface area contributed by atoms with E-state index in [-0.39, 0.29) is 17.7 Å². The summed E-state index contributed by atoms with van der Waals surface area (Å²) < 4.78 is 0. The van der Waals surface area contributed by atoms with E-state index in [1.54, 1.807) is 6.20 Å². The van der Waals surface area contributed by atoms with Gasteiger partial charge in [0, 0.05) is 42.2 Å². The van der Waals surface area contributed by atoms with Gasteiger partial charge in [0.2, 0.25) is 5.91 Å². The Morgan fingerprint density at radius 2 is 2.23 bits per heavy atom. The molecular weight excluding hydrogens is 328 g/mol. The van der Waals surface area contributed by atoms with Crippen LogP contribution in [0, 0.1) is 12.8 Å². The van der Waals surface area contributed by atoms with Crippen LogP contribution in [0.4, 0.5) is 5.69 Å². The maximum absolute atomic E-state index is 13.0. The smallest absolute Gasteiger partial charge is 0.229 e. The van der Waals surface area contributed by atoms with Crippen LogP contribution in [0.25, 0.3) is 10.9 Å². The molecule has 26 heavy (non-hydrogen) atoms. The molecule has 0 spiro atoms. The highest BCUT2D eigenvalue weighted by molar-refractivity contribution is 5.95. The highest BCUT2D eigenvalue weighted by atomic mass is 16.2. The summed E-state index contributed by atoms with van der Waals surface area (Å²) in [5.74, 6) is 1.01. The molecule has 1 aromatic carbocycles. The van der Waals surface area contributed by atoms with Gasteiger partial charge in [0.15, 0.2) is 0 Å². The molecular formula is C19H24N6O. The van der Waals surface area contributed by atoms with Crippen molar-refractivity contribution in [1.29, 1.82) is 0 Å². The van der Waals surface area contributed by atoms with Crippen molar-refractivity contribution in [2.24, 2.45) is 5.92 Å². The Hall–Kier alpha value is -2.67. The van der Waals surface area contributed by atoms with Crippen LogP contribution in [0.5, 0.6) is 0 Å². The van der Waals surface area contributed by atoms with E-state index in [9.17, 15) is 4.79 Å². The molecule has 1 saturated heterocycles. The van der Waals surface area contributed by atoms with E-state index in [4.69, 9.17) is 4.98 Å². The van der Waals surface area contributed by atoms with Crippen LogP contribution >= 0.6 is 0 Å². The molecule has 1 aliphatic rings. The number of likely N-dealkylation sites (tertiary alicyclic amines) is 1. The summed E-state index contributed by atoms with van der Waals surface area (Å²) in [6.45, 7) is 5.70. The van der Waals surface area contributed by atoms with Crippen LogP contribution < -0.4 is 5.32 Å². The molecule has 2 atom stereocenters. The molecule has 0 radical (unpaired) electrons. The molecule has 1 aliphatic heterocycles. The normalized spacial score (nSPS) is 20.7. The lowest BCUT2D eigenvalue weighted by Gasteiger charge is -2.17. The van der Waals surface area contributed by atoms with Crippen molar-refractivity contribution >= 4 is 22.5 Å². The summed E-state index contributed by atoms with van der Waals surface area (Å²) >= 11 is 0. The number of hydrogen-bond donors (Lipinski definition) is 3. The van der Waals surface area contributed by atoms with Crippen molar-refractivity contribution in [2.75, 3.05) is 25.5 Å². The minimum absolute atomic E-state index is 0.0441. The lowest BCUT2D eigenvalue weighted by molar-refractivity contribution is -0.119. The standard InChI is InChI=1S/C19H24N6O/c1-4-17-21-11(2)18(23-17)14-9-25(3)10-15(14)19(26)22-13-5-6-16-12(7-13)8-20-24-16/h5-8,14-15H,4,9-10H2,1-3H3,(H,20,24)(H,21,23)(H,22,26)/t14-,15-/m0/s1. The largest absolute Gasteiger partial charge is 0.346 e. The number of nitrogens with zero attached hydrogens (tertiary/aromatic N) is 3. The molecule has 3 heterocycles. The molecule has 0 saturated carbocycles. The summed E-state index contributed by atoms with van der Waals surface area (Å²) in [4.78, 5) is 23.3. The van der Waals surface area contributed by atoms with Gasteiger partial charge in [0.1, 0.15) is 5.82 Å². The summed E-state index contributed by atoms with van der Waals surface area (Å²) in [7, 11) is 2.06. The summed E-state index contributed by atoms with van der Waals surface area (Å²) in [6, 6.07) is 5.78. The van der Waals surface area contributed by atoms with E-state index in [2.05, 4.69) is 39.4 Å². The van der Waals surface area contributed by atoms with E-state index in [1.807, 2.05) is 25.1 Å². The van der Waals surface area contributed by atoms with Crippen LogP contribution in [0.2, 0.25) is 0 Å². The van der Waals surface area contributed by atoms with E-state index in [0.29, 0.717) is 0 Å². The van der Waals surface area contributed by atoms with Gasteiger partial charge in [-0.05, 0) is 32.2 Å². The van der Waals surface area contributed by atoms with Gasteiger partial charge >= 0.3 is 0 Å². The number of carbonyl (C=O) groups is 1. The topological polar surface area (TPSA) is 89.7 Å². The predicted octanol–water partition coefficient (Wildman–Crippen LogP) is 2.44. The van der Waals surface area contributed by atoms with Crippen LogP contribution in [0.1, 0.15) is 30.1 Å². The first kappa shape index (κ1) is 16.8. The fourth-order valence-corrected chi connectivity index (χ4v) is 3.86. The lowest BCUT2D eigenvalue weighted by atomic mass is 9.91. The zero-order valence-electron chi connectivity index (χ0n) is 15.3. The van der Waals surface area contributed by atoms with Crippen LogP contribution in [-0.2, 0) is 11.2 Å². The molecule has 0 aliphatic carbocycles. The van der Waals surface area contributed by atoms with Crippen LogP contribution in [0.15, 0.2) is 24.4 Å². The zero-order valence-corrected chi connectivity index (χ0v) is 15.3. The Balaban J connectivity index is 1.57. The third-order valence-corrected chi connectivity index (χ3v) is 5.20. The SMILES string of the molecule is CCc1nc([C@H]2CN(C)C[C@@H]2C(=O)Nc2ccc3[nH]ncc3c2)c(C)[nH]1. The molecule has 1 fully saturated rings. The fourth-order valence-electron chi connectivity index (χ4n) is 3.86. The number of carbonyl (C=O) groups excluding carboxylic acids is 1. The third-order valence-electron chi connectivity index (χ3n) is 5.20. The molecule has 0 unspecified atom stereocenters. The second-order valence-corrected chi connectivity index (χ2v) is 7.14. The first-order chi connectivity index (χ1) is 12.5. The molecule has 1 amide bonds. The predicted molar refractivity (Wildman–Crippen MR) is 101 cm³/mol. The first-order valence-electron chi connectivity index (χ1n) is 9.03. The number of rotatable bonds is 4. The molecule has 3 N–H and O–H groups in total. The number of imidazole rings is 1. The molecule has 4 rings (SSSR count). The summed E-state index contributed by atoms with van der Waals surface area (Å²) in [5.41, 5.74) is 3.85. The number of aromatic amines is 2. The lowest BCUT2D eigenvalue weighted by Crippen LogP contribution is -2.28. The number of aryl methyl sites for hydroxylation is 2. The Morgan fingerprint density at radius 1 is 1.38 bits per heavy atom. The maximum atomic E-state index is 13.0. The molecule has 136 valence electrons. The van der Waals surface area contributed by atoms with Crippen LogP contribution in [0.3, 0.4) is 0 Å². The van der Waals surface area contributed by atoms with Crippen molar-refractivity contribution in [3.63, 3.8) is 0 Å². The Morgan fingerprint density at radius 3 is 3.00 bits per heavy atom. The minimum atomic E-state index is -0.119. The van der Waals surface area contributed by atoms with Crippen LogP contribution in [-0.4, -0.2) is 51.1 Å².